The van der Waals surface area contributed by atoms with Gasteiger partial charge >= 0.3 is 0 Å². The van der Waals surface area contributed by atoms with Crippen LogP contribution in [-0.4, -0.2) is 48.4 Å². The minimum atomic E-state index is -0.269. The summed E-state index contributed by atoms with van der Waals surface area (Å²) in [5, 5.41) is 0. The number of hydrogen-bond acceptors (Lipinski definition) is 7. The summed E-state index contributed by atoms with van der Waals surface area (Å²) >= 11 is 0. The molecule has 0 saturated heterocycles. The quantitative estimate of drug-likeness (QED) is 0.480. The van der Waals surface area contributed by atoms with E-state index in [4.69, 9.17) is 28.4 Å². The molecule has 0 spiro atoms. The normalized spacial score (nSPS) is 10.5. The molecule has 0 heterocycles. The van der Waals surface area contributed by atoms with Crippen molar-refractivity contribution in [2.24, 2.45) is 0 Å². The molecule has 0 amide bonds. The van der Waals surface area contributed by atoms with Crippen LogP contribution in [0.1, 0.15) is 15.9 Å². The largest absolute Gasteiger partial charge is 0.496 e. The van der Waals surface area contributed by atoms with Crippen molar-refractivity contribution in [1.82, 2.24) is 0 Å². The van der Waals surface area contributed by atoms with Crippen LogP contribution in [-0.2, 0) is 0 Å². The van der Waals surface area contributed by atoms with Gasteiger partial charge in [0.1, 0.15) is 5.75 Å². The van der Waals surface area contributed by atoms with Gasteiger partial charge in [0.25, 0.3) is 0 Å². The van der Waals surface area contributed by atoms with E-state index in [9.17, 15) is 4.79 Å². The Hall–Kier alpha value is -3.35. The summed E-state index contributed by atoms with van der Waals surface area (Å²) in [4.78, 5) is 12.8. The molecule has 0 atom stereocenters. The zero-order valence-corrected chi connectivity index (χ0v) is 16.8. The minimum absolute atomic E-state index is 0.269. The standard InChI is InChI=1S/C21H24O7/c1-23-16-10-8-14(20(27-5)21(16)28-6)15(22)9-7-13-11-18(25-3)19(26-4)12-17(13)24-2/h7-12H,1-6H3/b9-7+. The predicted molar refractivity (Wildman–Crippen MR) is 106 cm³/mol. The first-order valence-corrected chi connectivity index (χ1v) is 8.35. The van der Waals surface area contributed by atoms with Crippen LogP contribution >= 0.6 is 0 Å². The third-order valence-electron chi connectivity index (χ3n) is 4.12. The van der Waals surface area contributed by atoms with E-state index >= 15 is 0 Å². The van der Waals surface area contributed by atoms with Crippen LogP contribution in [0.4, 0.5) is 0 Å². The topological polar surface area (TPSA) is 72.5 Å². The molecule has 2 aromatic carbocycles. The van der Waals surface area contributed by atoms with E-state index in [0.29, 0.717) is 45.6 Å². The van der Waals surface area contributed by atoms with Gasteiger partial charge in [-0.05, 0) is 30.4 Å². The van der Waals surface area contributed by atoms with Crippen molar-refractivity contribution in [2.45, 2.75) is 0 Å². The highest BCUT2D eigenvalue weighted by Crippen LogP contribution is 2.40. The van der Waals surface area contributed by atoms with Gasteiger partial charge in [-0.2, -0.15) is 0 Å². The number of ether oxygens (including phenoxy) is 6. The maximum absolute atomic E-state index is 12.8. The van der Waals surface area contributed by atoms with E-state index < -0.39 is 0 Å². The summed E-state index contributed by atoms with van der Waals surface area (Å²) in [7, 11) is 9.09. The van der Waals surface area contributed by atoms with Gasteiger partial charge in [0, 0.05) is 11.6 Å². The molecule has 0 saturated carbocycles. The molecule has 0 aromatic heterocycles. The molecule has 2 aromatic rings. The Labute approximate surface area is 164 Å². The first-order valence-electron chi connectivity index (χ1n) is 8.35. The number of methoxy groups -OCH3 is 6. The predicted octanol–water partition coefficient (Wildman–Crippen LogP) is 3.63. The molecule has 0 aliphatic rings. The second-order valence-electron chi connectivity index (χ2n) is 5.53. The van der Waals surface area contributed by atoms with Crippen molar-refractivity contribution in [3.8, 4) is 34.5 Å². The molecular formula is C21H24O7. The number of benzene rings is 2. The first-order chi connectivity index (χ1) is 13.5. The maximum Gasteiger partial charge on any atom is 0.204 e. The van der Waals surface area contributed by atoms with Crippen LogP contribution in [0.15, 0.2) is 30.3 Å². The molecule has 0 aliphatic carbocycles. The maximum atomic E-state index is 12.8. The Kier molecular flexibility index (Phi) is 7.14. The van der Waals surface area contributed by atoms with E-state index in [-0.39, 0.29) is 5.78 Å². The Morgan fingerprint density at radius 2 is 1.25 bits per heavy atom. The molecule has 150 valence electrons. The lowest BCUT2D eigenvalue weighted by Crippen LogP contribution is -2.03. The molecule has 28 heavy (non-hydrogen) atoms. The molecule has 0 radical (unpaired) electrons. The van der Waals surface area contributed by atoms with Gasteiger partial charge in [0.2, 0.25) is 5.75 Å². The third-order valence-corrected chi connectivity index (χ3v) is 4.12. The highest BCUT2D eigenvalue weighted by Gasteiger charge is 2.19. The van der Waals surface area contributed by atoms with E-state index in [1.165, 1.54) is 41.6 Å². The summed E-state index contributed by atoms with van der Waals surface area (Å²) in [6.45, 7) is 0. The lowest BCUT2D eigenvalue weighted by molar-refractivity contribution is 0.104. The SMILES string of the molecule is COc1cc(OC)c(OC)cc1/C=C/C(=O)c1ccc(OC)c(OC)c1OC. The molecule has 0 fully saturated rings. The van der Waals surface area contributed by atoms with Crippen molar-refractivity contribution in [3.05, 3.63) is 41.5 Å². The van der Waals surface area contributed by atoms with Gasteiger partial charge in [0.05, 0.1) is 48.2 Å². The molecule has 7 nitrogen and oxygen atoms in total. The molecular weight excluding hydrogens is 364 g/mol. The fourth-order valence-electron chi connectivity index (χ4n) is 2.73. The number of carbonyl (C=O) groups is 1. The van der Waals surface area contributed by atoms with Gasteiger partial charge in [-0.15, -0.1) is 0 Å². The van der Waals surface area contributed by atoms with Crippen molar-refractivity contribution < 1.29 is 33.2 Å². The lowest BCUT2D eigenvalue weighted by Gasteiger charge is -2.14. The average Bonchev–Trinajstić information content (AvgIpc) is 2.75. The van der Waals surface area contributed by atoms with Crippen molar-refractivity contribution in [2.75, 3.05) is 42.7 Å². The Morgan fingerprint density at radius 1 is 0.679 bits per heavy atom. The summed E-state index contributed by atoms with van der Waals surface area (Å²) in [6.07, 6.45) is 3.06. The van der Waals surface area contributed by atoms with Crippen molar-refractivity contribution in [3.63, 3.8) is 0 Å². The number of hydrogen-bond donors (Lipinski definition) is 0. The Bertz CT molecular complexity index is 872. The smallest absolute Gasteiger partial charge is 0.204 e. The summed E-state index contributed by atoms with van der Waals surface area (Å²) < 4.78 is 31.9. The van der Waals surface area contributed by atoms with Gasteiger partial charge in [-0.25, -0.2) is 0 Å². The summed E-state index contributed by atoms with van der Waals surface area (Å²) in [5.41, 5.74) is 1.00. The van der Waals surface area contributed by atoms with Gasteiger partial charge in [-0.1, -0.05) is 0 Å². The monoisotopic (exact) mass is 388 g/mol. The van der Waals surface area contributed by atoms with Crippen LogP contribution in [0.25, 0.3) is 6.08 Å². The van der Waals surface area contributed by atoms with Crippen molar-refractivity contribution >= 4 is 11.9 Å². The van der Waals surface area contributed by atoms with E-state index in [1.807, 2.05) is 0 Å². The van der Waals surface area contributed by atoms with Crippen LogP contribution in [0.3, 0.4) is 0 Å². The second-order valence-corrected chi connectivity index (χ2v) is 5.53. The highest BCUT2D eigenvalue weighted by atomic mass is 16.5. The third kappa shape index (κ3) is 4.14. The second kappa shape index (κ2) is 9.55. The number of rotatable bonds is 9. The fraction of sp³-hybridized carbons (Fsp3) is 0.286. The van der Waals surface area contributed by atoms with Crippen LogP contribution in [0, 0.1) is 0 Å². The number of carbonyl (C=O) groups excluding carboxylic acids is 1. The molecule has 0 N–H and O–H groups in total. The summed E-state index contributed by atoms with van der Waals surface area (Å²) in [6, 6.07) is 6.70. The number of ketones is 1. The van der Waals surface area contributed by atoms with Crippen LogP contribution in [0.5, 0.6) is 34.5 Å². The minimum Gasteiger partial charge on any atom is -0.496 e. The van der Waals surface area contributed by atoms with E-state index in [0.717, 1.165) is 0 Å². The van der Waals surface area contributed by atoms with Gasteiger partial charge < -0.3 is 28.4 Å². The highest BCUT2D eigenvalue weighted by molar-refractivity contribution is 6.09. The lowest BCUT2D eigenvalue weighted by atomic mass is 10.1. The van der Waals surface area contributed by atoms with Crippen LogP contribution < -0.4 is 28.4 Å². The fourth-order valence-corrected chi connectivity index (χ4v) is 2.73. The Morgan fingerprint density at radius 3 is 1.79 bits per heavy atom. The van der Waals surface area contributed by atoms with Gasteiger partial charge in [0.15, 0.2) is 28.8 Å². The first kappa shape index (κ1) is 21.0. The van der Waals surface area contributed by atoms with Crippen molar-refractivity contribution in [1.29, 1.82) is 0 Å². The zero-order chi connectivity index (χ0) is 20.7. The number of allylic oxidation sites excluding steroid dienone is 1. The zero-order valence-electron chi connectivity index (χ0n) is 16.8. The Balaban J connectivity index is 2.44. The van der Waals surface area contributed by atoms with Gasteiger partial charge in [-0.3, -0.25) is 4.79 Å². The average molecular weight is 388 g/mol. The molecule has 0 aliphatic heterocycles. The molecule has 0 bridgehead atoms. The van der Waals surface area contributed by atoms with E-state index in [2.05, 4.69) is 0 Å². The molecule has 0 unspecified atom stereocenters. The molecule has 7 heteroatoms. The van der Waals surface area contributed by atoms with E-state index in [1.54, 1.807) is 37.5 Å². The summed E-state index contributed by atoms with van der Waals surface area (Å²) in [5.74, 6) is 2.46. The van der Waals surface area contributed by atoms with Crippen LogP contribution in [0.2, 0.25) is 0 Å². The molecule has 2 rings (SSSR count).